The maximum atomic E-state index is 8.65. The second kappa shape index (κ2) is 3.70. The van der Waals surface area contributed by atoms with Crippen molar-refractivity contribution in [3.8, 4) is 6.07 Å². The van der Waals surface area contributed by atoms with Gasteiger partial charge in [-0.05, 0) is 13.5 Å². The smallest absolute Gasteiger partial charge is 0.0669 e. The van der Waals surface area contributed by atoms with Crippen LogP contribution in [-0.2, 0) is 4.74 Å². The first kappa shape index (κ1) is 8.51. The number of likely N-dealkylation sites (tertiary alicyclic amines) is 1. The minimum atomic E-state index is 0.208. The van der Waals surface area contributed by atoms with Gasteiger partial charge in [-0.1, -0.05) is 0 Å². The van der Waals surface area contributed by atoms with E-state index in [0.29, 0.717) is 6.04 Å². The highest BCUT2D eigenvalue weighted by Crippen LogP contribution is 2.20. The van der Waals surface area contributed by atoms with E-state index in [1.54, 1.807) is 7.11 Å². The molecule has 11 heavy (non-hydrogen) atoms. The van der Waals surface area contributed by atoms with Gasteiger partial charge in [-0.2, -0.15) is 5.26 Å². The Morgan fingerprint density at radius 2 is 2.45 bits per heavy atom. The molecule has 1 rings (SSSR count). The number of rotatable bonds is 2. The Kier molecular flexibility index (Phi) is 2.86. The fraction of sp³-hybridized carbons (Fsp3) is 0.875. The highest BCUT2D eigenvalue weighted by molar-refractivity contribution is 4.94. The van der Waals surface area contributed by atoms with E-state index in [0.717, 1.165) is 19.6 Å². The first-order chi connectivity index (χ1) is 5.27. The molecule has 1 aliphatic heterocycles. The molecule has 0 aromatic rings. The predicted molar refractivity (Wildman–Crippen MR) is 42.0 cm³/mol. The quantitative estimate of drug-likeness (QED) is 0.580. The number of methoxy groups -OCH3 is 1. The molecule has 0 saturated carbocycles. The summed E-state index contributed by atoms with van der Waals surface area (Å²) in [6.45, 7) is 1.64. The van der Waals surface area contributed by atoms with Crippen LogP contribution in [0.25, 0.3) is 0 Å². The van der Waals surface area contributed by atoms with Gasteiger partial charge in [-0.25, -0.2) is 0 Å². The molecule has 1 heterocycles. The van der Waals surface area contributed by atoms with Crippen LogP contribution >= 0.6 is 0 Å². The molecular formula is C8H14N2O. The minimum absolute atomic E-state index is 0.208. The molecule has 0 amide bonds. The third-order valence-electron chi connectivity index (χ3n) is 2.23. The summed E-state index contributed by atoms with van der Waals surface area (Å²) in [5.74, 6) is 0.208. The molecule has 0 aliphatic carbocycles. The van der Waals surface area contributed by atoms with Gasteiger partial charge in [0.15, 0.2) is 0 Å². The van der Waals surface area contributed by atoms with Crippen LogP contribution in [-0.4, -0.2) is 38.3 Å². The number of hydrogen-bond donors (Lipinski definition) is 0. The number of hydrogen-bond acceptors (Lipinski definition) is 3. The van der Waals surface area contributed by atoms with Crippen LogP contribution in [0.15, 0.2) is 0 Å². The van der Waals surface area contributed by atoms with Gasteiger partial charge in [-0.3, -0.25) is 4.90 Å². The molecule has 1 fully saturated rings. The highest BCUT2D eigenvalue weighted by Gasteiger charge is 2.28. The molecule has 0 bridgehead atoms. The van der Waals surface area contributed by atoms with Crippen molar-refractivity contribution >= 4 is 0 Å². The summed E-state index contributed by atoms with van der Waals surface area (Å²) in [4.78, 5) is 2.19. The first-order valence-electron chi connectivity index (χ1n) is 3.86. The number of nitriles is 1. The van der Waals surface area contributed by atoms with Crippen molar-refractivity contribution in [2.24, 2.45) is 5.92 Å². The predicted octanol–water partition coefficient (Wildman–Crippen LogP) is 0.477. The van der Waals surface area contributed by atoms with Gasteiger partial charge in [0.05, 0.1) is 18.6 Å². The first-order valence-corrected chi connectivity index (χ1v) is 3.86. The third-order valence-corrected chi connectivity index (χ3v) is 2.23. The Hall–Kier alpha value is -0.590. The van der Waals surface area contributed by atoms with Crippen LogP contribution < -0.4 is 0 Å². The Balaban J connectivity index is 2.40. The zero-order chi connectivity index (χ0) is 8.27. The summed E-state index contributed by atoms with van der Waals surface area (Å²) in [5.41, 5.74) is 0. The van der Waals surface area contributed by atoms with E-state index >= 15 is 0 Å². The lowest BCUT2D eigenvalue weighted by atomic mass is 10.1. The average Bonchev–Trinajstić information content (AvgIpc) is 2.33. The third kappa shape index (κ3) is 1.92. The summed E-state index contributed by atoms with van der Waals surface area (Å²) in [6.07, 6.45) is 0.959. The normalized spacial score (nSPS) is 32.1. The van der Waals surface area contributed by atoms with Gasteiger partial charge in [-0.15, -0.1) is 0 Å². The molecule has 62 valence electrons. The van der Waals surface area contributed by atoms with Gasteiger partial charge in [0.1, 0.15) is 0 Å². The fourth-order valence-corrected chi connectivity index (χ4v) is 1.56. The van der Waals surface area contributed by atoms with Crippen molar-refractivity contribution in [3.63, 3.8) is 0 Å². The molecule has 1 saturated heterocycles. The second-order valence-electron chi connectivity index (χ2n) is 3.11. The standard InChI is InChI=1S/C8H14N2O/c1-10-5-7(4-9)3-8(10)6-11-2/h7-8H,3,5-6H2,1-2H3/t7-,8+/m1/s1. The van der Waals surface area contributed by atoms with Crippen molar-refractivity contribution in [3.05, 3.63) is 0 Å². The summed E-state index contributed by atoms with van der Waals surface area (Å²) in [5, 5.41) is 8.65. The maximum Gasteiger partial charge on any atom is 0.0669 e. The van der Waals surface area contributed by atoms with Crippen LogP contribution in [0, 0.1) is 17.2 Å². The molecular weight excluding hydrogens is 140 g/mol. The van der Waals surface area contributed by atoms with E-state index in [-0.39, 0.29) is 5.92 Å². The second-order valence-corrected chi connectivity index (χ2v) is 3.11. The van der Waals surface area contributed by atoms with Crippen molar-refractivity contribution < 1.29 is 4.74 Å². The lowest BCUT2D eigenvalue weighted by molar-refractivity contribution is 0.129. The molecule has 3 heteroatoms. The van der Waals surface area contributed by atoms with Crippen LogP contribution in [0.3, 0.4) is 0 Å². The number of likely N-dealkylation sites (N-methyl/N-ethyl adjacent to an activating group) is 1. The van der Waals surface area contributed by atoms with Crippen molar-refractivity contribution in [2.75, 3.05) is 27.3 Å². The van der Waals surface area contributed by atoms with Crippen molar-refractivity contribution in [1.82, 2.24) is 4.90 Å². The lowest BCUT2D eigenvalue weighted by Crippen LogP contribution is -2.28. The number of nitrogens with zero attached hydrogens (tertiary/aromatic N) is 2. The molecule has 0 spiro atoms. The zero-order valence-corrected chi connectivity index (χ0v) is 7.08. The van der Waals surface area contributed by atoms with Crippen molar-refractivity contribution in [2.45, 2.75) is 12.5 Å². The van der Waals surface area contributed by atoms with Crippen LogP contribution in [0.4, 0.5) is 0 Å². The highest BCUT2D eigenvalue weighted by atomic mass is 16.5. The summed E-state index contributed by atoms with van der Waals surface area (Å²) < 4.78 is 5.04. The average molecular weight is 154 g/mol. The lowest BCUT2D eigenvalue weighted by Gasteiger charge is -2.17. The topological polar surface area (TPSA) is 36.3 Å². The monoisotopic (exact) mass is 154 g/mol. The van der Waals surface area contributed by atoms with E-state index in [2.05, 4.69) is 11.0 Å². The Morgan fingerprint density at radius 3 is 2.91 bits per heavy atom. The summed E-state index contributed by atoms with van der Waals surface area (Å²) in [7, 11) is 3.74. The summed E-state index contributed by atoms with van der Waals surface area (Å²) >= 11 is 0. The van der Waals surface area contributed by atoms with Gasteiger partial charge < -0.3 is 4.74 Å². The molecule has 0 radical (unpaired) electrons. The summed E-state index contributed by atoms with van der Waals surface area (Å²) in [6, 6.07) is 2.73. The van der Waals surface area contributed by atoms with E-state index in [1.807, 2.05) is 7.05 Å². The molecule has 0 N–H and O–H groups in total. The molecule has 2 atom stereocenters. The van der Waals surface area contributed by atoms with E-state index in [4.69, 9.17) is 10.00 Å². The zero-order valence-electron chi connectivity index (χ0n) is 7.08. The van der Waals surface area contributed by atoms with E-state index in [9.17, 15) is 0 Å². The van der Waals surface area contributed by atoms with Crippen molar-refractivity contribution in [1.29, 1.82) is 5.26 Å². The van der Waals surface area contributed by atoms with Crippen LogP contribution in [0.5, 0.6) is 0 Å². The molecule has 3 nitrogen and oxygen atoms in total. The largest absolute Gasteiger partial charge is 0.383 e. The van der Waals surface area contributed by atoms with Gasteiger partial charge in [0.2, 0.25) is 0 Å². The van der Waals surface area contributed by atoms with Gasteiger partial charge in [0, 0.05) is 19.7 Å². The van der Waals surface area contributed by atoms with Crippen LogP contribution in [0.2, 0.25) is 0 Å². The Morgan fingerprint density at radius 1 is 1.73 bits per heavy atom. The van der Waals surface area contributed by atoms with Gasteiger partial charge >= 0.3 is 0 Å². The Labute approximate surface area is 67.6 Å². The van der Waals surface area contributed by atoms with E-state index in [1.165, 1.54) is 0 Å². The minimum Gasteiger partial charge on any atom is -0.383 e. The molecule has 0 unspecified atom stereocenters. The Bertz CT molecular complexity index is 164. The fourth-order valence-electron chi connectivity index (χ4n) is 1.56. The number of ether oxygens (including phenoxy) is 1. The van der Waals surface area contributed by atoms with Crippen LogP contribution in [0.1, 0.15) is 6.42 Å². The SMILES string of the molecule is COC[C@@H]1C[C@H](C#N)CN1C. The molecule has 1 aliphatic rings. The molecule has 0 aromatic carbocycles. The van der Waals surface area contributed by atoms with Gasteiger partial charge in [0.25, 0.3) is 0 Å². The van der Waals surface area contributed by atoms with E-state index < -0.39 is 0 Å². The maximum absolute atomic E-state index is 8.65. The molecule has 0 aromatic heterocycles.